The topological polar surface area (TPSA) is 81.6 Å². The molecular weight excluding hydrogens is 406 g/mol. The molecule has 1 unspecified atom stereocenters. The van der Waals surface area contributed by atoms with E-state index in [0.29, 0.717) is 0 Å². The highest BCUT2D eigenvalue weighted by molar-refractivity contribution is 8.85. The van der Waals surface area contributed by atoms with E-state index in [1.54, 1.807) is 0 Å². The molecule has 1 saturated heterocycles. The van der Waals surface area contributed by atoms with Gasteiger partial charge in [0.15, 0.2) is 9.80 Å². The quantitative estimate of drug-likeness (QED) is 0.527. The van der Waals surface area contributed by atoms with Gasteiger partial charge in [-0.15, -0.1) is 0 Å². The van der Waals surface area contributed by atoms with Crippen LogP contribution in [0.5, 0.6) is 0 Å². The van der Waals surface area contributed by atoms with Crippen molar-refractivity contribution in [2.45, 2.75) is 38.5 Å². The average Bonchev–Trinajstić information content (AvgIpc) is 3.31. The third kappa shape index (κ3) is 4.62. The minimum atomic E-state index is -4.47. The van der Waals surface area contributed by atoms with Crippen LogP contribution in [0.2, 0.25) is 0 Å². The van der Waals surface area contributed by atoms with Crippen molar-refractivity contribution >= 4 is 30.4 Å². The number of hydrogen-bond donors (Lipinski definition) is 0. The largest absolute Gasteiger partial charge is 0.375 e. The molecule has 1 aliphatic carbocycles. The monoisotopic (exact) mass is 427 g/mol. The van der Waals surface area contributed by atoms with Crippen LogP contribution in [0.4, 0.5) is 0 Å². The lowest BCUT2D eigenvalue weighted by atomic mass is 9.92. The summed E-state index contributed by atoms with van der Waals surface area (Å²) in [5, 5.41) is 0. The Balaban J connectivity index is 1.75. The number of benzene rings is 1. The maximum Gasteiger partial charge on any atom is 0.179 e. The van der Waals surface area contributed by atoms with Gasteiger partial charge in [0.25, 0.3) is 0 Å². The molecule has 2 heterocycles. The molecule has 5 nitrogen and oxygen atoms in total. The molecule has 2 aliphatic heterocycles. The molecule has 4 rings (SSSR count). The smallest absolute Gasteiger partial charge is 0.179 e. The SMILES string of the molecule is [O-][Cl+3]([O-])([O-])OS1=C(C2=C(N3CCCC3)CCCC2)C=C(c2ccccc2)S1. The predicted molar refractivity (Wildman–Crippen MR) is 102 cm³/mol. The van der Waals surface area contributed by atoms with E-state index in [1.807, 2.05) is 36.4 Å². The molecule has 0 saturated carbocycles. The van der Waals surface area contributed by atoms with Crippen molar-refractivity contribution in [1.29, 1.82) is 0 Å². The Kier molecular flexibility index (Phi) is 5.99. The Hall–Kier alpha value is -0.800. The summed E-state index contributed by atoms with van der Waals surface area (Å²) in [5.74, 6) is 0. The lowest BCUT2D eigenvalue weighted by Gasteiger charge is -2.29. The standard InChI is InChI=1S/C19H22ClNO4S2/c22-20(23,24)25-27-19(14-18(26-27)15-8-2-1-3-9-15)16-10-4-5-11-17(16)21-12-6-7-13-21/h1-3,8-9,14H,4-7,10-13H2. The summed E-state index contributed by atoms with van der Waals surface area (Å²) in [6.45, 7) is 2.11. The fourth-order valence-corrected chi connectivity index (χ4v) is 8.58. The van der Waals surface area contributed by atoms with E-state index in [9.17, 15) is 14.0 Å². The number of nitrogens with zero attached hydrogens (tertiary/aromatic N) is 1. The van der Waals surface area contributed by atoms with Gasteiger partial charge >= 0.3 is 0 Å². The molecule has 1 fully saturated rings. The second-order valence-electron chi connectivity index (χ2n) is 6.82. The molecule has 0 amide bonds. The van der Waals surface area contributed by atoms with E-state index in [-0.39, 0.29) is 0 Å². The molecule has 1 atom stereocenters. The van der Waals surface area contributed by atoms with Gasteiger partial charge in [0.2, 0.25) is 0 Å². The summed E-state index contributed by atoms with van der Waals surface area (Å²) >= 11 is 0. The predicted octanol–water partition coefficient (Wildman–Crippen LogP) is 1.88. The van der Waals surface area contributed by atoms with Crippen molar-refractivity contribution in [3.63, 3.8) is 0 Å². The van der Waals surface area contributed by atoms with Gasteiger partial charge in [-0.1, -0.05) is 30.3 Å². The van der Waals surface area contributed by atoms with E-state index < -0.39 is 20.0 Å². The second kappa shape index (κ2) is 8.29. The zero-order chi connectivity index (χ0) is 18.9. The van der Waals surface area contributed by atoms with Gasteiger partial charge in [-0.2, -0.15) is 14.0 Å². The number of likely N-dealkylation sites (tertiary alicyclic amines) is 1. The molecule has 1 aromatic carbocycles. The highest BCUT2D eigenvalue weighted by Gasteiger charge is 2.34. The van der Waals surface area contributed by atoms with Crippen LogP contribution in [-0.2, 0) is 3.74 Å². The number of rotatable bonds is 5. The highest BCUT2D eigenvalue weighted by Crippen LogP contribution is 2.52. The van der Waals surface area contributed by atoms with Gasteiger partial charge in [-0.25, -0.2) is 0 Å². The number of halogens is 1. The van der Waals surface area contributed by atoms with E-state index in [0.717, 1.165) is 54.1 Å². The van der Waals surface area contributed by atoms with Crippen LogP contribution in [0.25, 0.3) is 4.91 Å². The molecule has 0 N–H and O–H groups in total. The van der Waals surface area contributed by atoms with E-state index in [4.69, 9.17) is 3.74 Å². The van der Waals surface area contributed by atoms with Crippen LogP contribution in [0.1, 0.15) is 44.1 Å². The minimum absolute atomic E-state index is 0.868. The van der Waals surface area contributed by atoms with Crippen LogP contribution >= 0.6 is 20.6 Å². The van der Waals surface area contributed by atoms with Crippen LogP contribution < -0.4 is 14.0 Å². The second-order valence-corrected chi connectivity index (χ2v) is 11.0. The van der Waals surface area contributed by atoms with Crippen molar-refractivity contribution in [3.05, 3.63) is 53.2 Å². The van der Waals surface area contributed by atoms with E-state index in [2.05, 4.69) is 4.90 Å². The minimum Gasteiger partial charge on any atom is -0.375 e. The first-order valence-electron chi connectivity index (χ1n) is 9.16. The van der Waals surface area contributed by atoms with Gasteiger partial charge in [0.05, 0.1) is 15.1 Å². The molecule has 0 radical (unpaired) electrons. The lowest BCUT2D eigenvalue weighted by Crippen LogP contribution is -2.60. The van der Waals surface area contributed by atoms with E-state index in [1.165, 1.54) is 34.9 Å². The van der Waals surface area contributed by atoms with Crippen molar-refractivity contribution in [1.82, 2.24) is 4.90 Å². The maximum absolute atomic E-state index is 11.3. The number of hydrogen-bond acceptors (Lipinski definition) is 6. The summed E-state index contributed by atoms with van der Waals surface area (Å²) in [6, 6.07) is 9.82. The Morgan fingerprint density at radius 1 is 0.963 bits per heavy atom. The zero-order valence-corrected chi connectivity index (χ0v) is 17.3. The average molecular weight is 428 g/mol. The summed E-state index contributed by atoms with van der Waals surface area (Å²) in [6.07, 6.45) is 8.57. The van der Waals surface area contributed by atoms with E-state index >= 15 is 0 Å². The van der Waals surface area contributed by atoms with Gasteiger partial charge < -0.3 is 4.90 Å². The summed E-state index contributed by atoms with van der Waals surface area (Å²) in [4.78, 5) is 4.25. The first kappa shape index (κ1) is 19.5. The summed E-state index contributed by atoms with van der Waals surface area (Å²) < 4.78 is 38.9. The van der Waals surface area contributed by atoms with Crippen molar-refractivity contribution in [2.24, 2.45) is 0 Å². The first-order valence-corrected chi connectivity index (χ1v) is 12.9. The molecule has 3 aliphatic rings. The fraction of sp³-hybridized carbons (Fsp3) is 0.421. The zero-order valence-electron chi connectivity index (χ0n) is 14.9. The van der Waals surface area contributed by atoms with Gasteiger partial charge in [-0.05, 0) is 66.5 Å². The maximum atomic E-state index is 11.3. The van der Waals surface area contributed by atoms with Gasteiger partial charge in [0, 0.05) is 23.7 Å². The Labute approximate surface area is 168 Å². The summed E-state index contributed by atoms with van der Waals surface area (Å²) in [7, 11) is -4.29. The molecule has 1 aromatic rings. The van der Waals surface area contributed by atoms with Crippen LogP contribution in [-0.4, -0.2) is 22.9 Å². The van der Waals surface area contributed by atoms with Crippen LogP contribution in [0.3, 0.4) is 0 Å². The molecule has 0 bridgehead atoms. The molecule has 8 heteroatoms. The molecule has 0 spiro atoms. The van der Waals surface area contributed by atoms with Gasteiger partial charge in [0.1, 0.15) is 3.74 Å². The third-order valence-electron chi connectivity index (χ3n) is 5.02. The van der Waals surface area contributed by atoms with Crippen LogP contribution in [0, 0.1) is 10.2 Å². The molecule has 27 heavy (non-hydrogen) atoms. The van der Waals surface area contributed by atoms with Crippen LogP contribution in [0.15, 0.2) is 47.7 Å². The molecular formula is C19H22ClNO4S2. The normalized spacial score (nSPS) is 24.0. The molecule has 146 valence electrons. The van der Waals surface area contributed by atoms with Crippen molar-refractivity contribution in [2.75, 3.05) is 13.1 Å². The highest BCUT2D eigenvalue weighted by atomic mass is 35.7. The Morgan fingerprint density at radius 2 is 1.67 bits per heavy atom. The third-order valence-corrected chi connectivity index (χ3v) is 9.50. The summed E-state index contributed by atoms with van der Waals surface area (Å²) in [5.41, 5.74) is 3.52. The molecule has 0 aromatic heterocycles. The first-order chi connectivity index (χ1) is 13.0. The van der Waals surface area contributed by atoms with Gasteiger partial charge in [-0.3, -0.25) is 0 Å². The Bertz CT molecular complexity index is 796. The van der Waals surface area contributed by atoms with Crippen molar-refractivity contribution in [3.8, 4) is 0 Å². The lowest BCUT2D eigenvalue weighted by molar-refractivity contribution is -1.91. The fourth-order valence-electron chi connectivity index (χ4n) is 3.85. The van der Waals surface area contributed by atoms with Crippen molar-refractivity contribution < 1.29 is 28.0 Å². The number of allylic oxidation sites excluding steroid dienone is 3. The Morgan fingerprint density at radius 3 is 2.37 bits per heavy atom.